The summed E-state index contributed by atoms with van der Waals surface area (Å²) >= 11 is 6.40. The summed E-state index contributed by atoms with van der Waals surface area (Å²) in [4.78, 5) is 16.7. The summed E-state index contributed by atoms with van der Waals surface area (Å²) in [7, 11) is 0. The first kappa shape index (κ1) is 16.4. The molecule has 6 nitrogen and oxygen atoms in total. The first-order valence-electron chi connectivity index (χ1n) is 7.03. The van der Waals surface area contributed by atoms with Gasteiger partial charge in [0.15, 0.2) is 4.34 Å². The maximum atomic E-state index is 12.1. The molecule has 3 aromatic rings. The van der Waals surface area contributed by atoms with E-state index in [0.717, 1.165) is 32.6 Å². The van der Waals surface area contributed by atoms with Crippen molar-refractivity contribution >= 4 is 49.8 Å². The lowest BCUT2D eigenvalue weighted by molar-refractivity contribution is 0.951. The Hall–Kier alpha value is -1.45. The van der Waals surface area contributed by atoms with Gasteiger partial charge in [-0.05, 0) is 34.5 Å². The SMILES string of the molecule is CCCNc1nnc(SCc2cc(=O)n3cc(Br)ccc3n2)s1. The highest BCUT2D eigenvalue weighted by molar-refractivity contribution is 9.10. The van der Waals surface area contributed by atoms with Gasteiger partial charge in [0.25, 0.3) is 5.56 Å². The van der Waals surface area contributed by atoms with Crippen LogP contribution in [0.1, 0.15) is 19.0 Å². The zero-order valence-corrected chi connectivity index (χ0v) is 15.5. The fourth-order valence-electron chi connectivity index (χ4n) is 1.91. The van der Waals surface area contributed by atoms with Gasteiger partial charge < -0.3 is 5.32 Å². The quantitative estimate of drug-likeness (QED) is 0.626. The van der Waals surface area contributed by atoms with Crippen molar-refractivity contribution in [3.05, 3.63) is 44.9 Å². The van der Waals surface area contributed by atoms with Crippen molar-refractivity contribution in [3.63, 3.8) is 0 Å². The van der Waals surface area contributed by atoms with E-state index in [1.54, 1.807) is 12.3 Å². The molecular formula is C14H14BrN5OS2. The minimum absolute atomic E-state index is 0.0885. The smallest absolute Gasteiger partial charge is 0.258 e. The van der Waals surface area contributed by atoms with Crippen LogP contribution < -0.4 is 10.9 Å². The van der Waals surface area contributed by atoms with E-state index in [9.17, 15) is 4.79 Å². The van der Waals surface area contributed by atoms with E-state index in [2.05, 4.69) is 43.4 Å². The molecule has 0 saturated carbocycles. The Morgan fingerprint density at radius 2 is 2.26 bits per heavy atom. The van der Waals surface area contributed by atoms with Gasteiger partial charge in [-0.25, -0.2) is 4.98 Å². The van der Waals surface area contributed by atoms with Crippen molar-refractivity contribution in [3.8, 4) is 0 Å². The molecule has 3 heterocycles. The molecule has 1 N–H and O–H groups in total. The van der Waals surface area contributed by atoms with Crippen LogP contribution in [0.2, 0.25) is 0 Å². The monoisotopic (exact) mass is 411 g/mol. The highest BCUT2D eigenvalue weighted by atomic mass is 79.9. The number of pyridine rings is 1. The van der Waals surface area contributed by atoms with E-state index in [0.29, 0.717) is 11.4 Å². The van der Waals surface area contributed by atoms with Gasteiger partial charge in [-0.15, -0.1) is 10.2 Å². The molecule has 0 spiro atoms. The number of hydrogen-bond acceptors (Lipinski definition) is 7. The van der Waals surface area contributed by atoms with E-state index in [1.807, 2.05) is 12.1 Å². The third-order valence-electron chi connectivity index (χ3n) is 2.95. The fourth-order valence-corrected chi connectivity index (χ4v) is 3.91. The van der Waals surface area contributed by atoms with Gasteiger partial charge in [-0.3, -0.25) is 9.20 Å². The van der Waals surface area contributed by atoms with E-state index in [4.69, 9.17) is 0 Å². The molecule has 0 amide bonds. The third-order valence-corrected chi connectivity index (χ3v) is 5.47. The summed E-state index contributed by atoms with van der Waals surface area (Å²) in [5.41, 5.74) is 1.29. The Labute approximate surface area is 149 Å². The predicted octanol–water partition coefficient (Wildman–Crippen LogP) is 3.42. The zero-order chi connectivity index (χ0) is 16.2. The minimum atomic E-state index is -0.0885. The molecule has 9 heteroatoms. The van der Waals surface area contributed by atoms with Crippen molar-refractivity contribution in [2.45, 2.75) is 23.4 Å². The Morgan fingerprint density at radius 3 is 3.09 bits per heavy atom. The summed E-state index contributed by atoms with van der Waals surface area (Å²) in [6, 6.07) is 5.25. The third kappa shape index (κ3) is 4.10. The molecule has 0 aliphatic carbocycles. The van der Waals surface area contributed by atoms with Crippen LogP contribution in [0.4, 0.5) is 5.13 Å². The first-order valence-corrected chi connectivity index (χ1v) is 9.63. The highest BCUT2D eigenvalue weighted by Crippen LogP contribution is 2.27. The molecule has 0 aromatic carbocycles. The molecule has 0 aliphatic heterocycles. The largest absolute Gasteiger partial charge is 0.360 e. The molecule has 3 rings (SSSR count). The van der Waals surface area contributed by atoms with Gasteiger partial charge in [-0.1, -0.05) is 30.0 Å². The van der Waals surface area contributed by atoms with Gasteiger partial charge in [0.05, 0.1) is 5.69 Å². The molecule has 23 heavy (non-hydrogen) atoms. The normalized spacial score (nSPS) is 11.0. The molecule has 0 bridgehead atoms. The average molecular weight is 412 g/mol. The number of anilines is 1. The van der Waals surface area contributed by atoms with Crippen molar-refractivity contribution in [2.24, 2.45) is 0 Å². The molecule has 0 atom stereocenters. The second kappa shape index (κ2) is 7.41. The number of nitrogens with one attached hydrogen (secondary N) is 1. The van der Waals surface area contributed by atoms with E-state index in [-0.39, 0.29) is 5.56 Å². The van der Waals surface area contributed by atoms with E-state index >= 15 is 0 Å². The topological polar surface area (TPSA) is 72.2 Å². The summed E-state index contributed by atoms with van der Waals surface area (Å²) in [6.45, 7) is 2.99. The first-order chi connectivity index (χ1) is 11.2. The van der Waals surface area contributed by atoms with Gasteiger partial charge in [0.2, 0.25) is 5.13 Å². The fraction of sp³-hybridized carbons (Fsp3) is 0.286. The molecule has 0 aliphatic rings. The van der Waals surface area contributed by atoms with Crippen LogP contribution >= 0.6 is 39.0 Å². The molecule has 0 radical (unpaired) electrons. The standard InChI is InChI=1S/C14H14BrN5OS2/c1-2-5-16-13-18-19-14(23-13)22-8-10-6-12(21)20-7-9(15)3-4-11(20)17-10/h3-4,6-7H,2,5,8H2,1H3,(H,16,18). The number of hydrogen-bond donors (Lipinski definition) is 1. The summed E-state index contributed by atoms with van der Waals surface area (Å²) < 4.78 is 3.23. The molecule has 120 valence electrons. The van der Waals surface area contributed by atoms with E-state index in [1.165, 1.54) is 27.5 Å². The predicted molar refractivity (Wildman–Crippen MR) is 97.4 cm³/mol. The average Bonchev–Trinajstić information content (AvgIpc) is 2.99. The summed E-state index contributed by atoms with van der Waals surface area (Å²) in [5, 5.41) is 12.3. The molecule has 3 aromatic heterocycles. The highest BCUT2D eigenvalue weighted by Gasteiger charge is 2.07. The van der Waals surface area contributed by atoms with Crippen LogP contribution in [0.25, 0.3) is 5.65 Å². The second-order valence-corrected chi connectivity index (χ2v) is 7.87. The Morgan fingerprint density at radius 1 is 1.39 bits per heavy atom. The summed E-state index contributed by atoms with van der Waals surface area (Å²) in [6.07, 6.45) is 2.77. The number of aromatic nitrogens is 4. The van der Waals surface area contributed by atoms with Crippen molar-refractivity contribution in [1.82, 2.24) is 19.6 Å². The van der Waals surface area contributed by atoms with Gasteiger partial charge in [-0.2, -0.15) is 0 Å². The van der Waals surface area contributed by atoms with Gasteiger partial charge in [0, 0.05) is 29.0 Å². The van der Waals surface area contributed by atoms with Crippen LogP contribution in [0.5, 0.6) is 0 Å². The number of nitrogens with zero attached hydrogens (tertiary/aromatic N) is 4. The second-order valence-electron chi connectivity index (χ2n) is 4.75. The Bertz CT molecular complexity index is 879. The van der Waals surface area contributed by atoms with Crippen LogP contribution in [0.15, 0.2) is 38.0 Å². The van der Waals surface area contributed by atoms with Crippen molar-refractivity contribution < 1.29 is 0 Å². The maximum absolute atomic E-state index is 12.1. The molecule has 0 saturated heterocycles. The van der Waals surface area contributed by atoms with Crippen LogP contribution in [0, 0.1) is 0 Å². The number of fused-ring (bicyclic) bond motifs is 1. The lowest BCUT2D eigenvalue weighted by atomic mass is 10.4. The van der Waals surface area contributed by atoms with E-state index < -0.39 is 0 Å². The molecule has 0 unspecified atom stereocenters. The van der Waals surface area contributed by atoms with Crippen LogP contribution in [-0.2, 0) is 5.75 Å². The maximum Gasteiger partial charge on any atom is 0.258 e. The van der Waals surface area contributed by atoms with Gasteiger partial charge >= 0.3 is 0 Å². The van der Waals surface area contributed by atoms with Crippen molar-refractivity contribution in [1.29, 1.82) is 0 Å². The van der Waals surface area contributed by atoms with Crippen LogP contribution in [0.3, 0.4) is 0 Å². The number of halogens is 1. The van der Waals surface area contributed by atoms with Gasteiger partial charge in [0.1, 0.15) is 5.65 Å². The lowest BCUT2D eigenvalue weighted by Crippen LogP contribution is -2.15. The summed E-state index contributed by atoms with van der Waals surface area (Å²) in [5.74, 6) is 0.588. The lowest BCUT2D eigenvalue weighted by Gasteiger charge is -2.03. The van der Waals surface area contributed by atoms with Crippen LogP contribution in [-0.4, -0.2) is 26.1 Å². The Balaban J connectivity index is 1.73. The van der Waals surface area contributed by atoms with Crippen molar-refractivity contribution in [2.75, 3.05) is 11.9 Å². The molecular weight excluding hydrogens is 398 g/mol. The Kier molecular flexibility index (Phi) is 5.29. The number of rotatable bonds is 6. The minimum Gasteiger partial charge on any atom is -0.360 e. The number of thioether (sulfide) groups is 1. The zero-order valence-electron chi connectivity index (χ0n) is 12.3. The molecule has 0 fully saturated rings.